The van der Waals surface area contributed by atoms with E-state index >= 15 is 0 Å². The van der Waals surface area contributed by atoms with Gasteiger partial charge >= 0.3 is 0 Å². The highest BCUT2D eigenvalue weighted by atomic mass is 79.9. The van der Waals surface area contributed by atoms with Crippen LogP contribution in [0.25, 0.3) is 0 Å². The normalized spacial score (nSPS) is 15.0. The Morgan fingerprint density at radius 3 is 2.81 bits per heavy atom. The molecule has 0 aromatic heterocycles. The number of halogens is 1. The van der Waals surface area contributed by atoms with Crippen LogP contribution in [0, 0.1) is 0 Å². The van der Waals surface area contributed by atoms with Gasteiger partial charge in [-0.15, -0.1) is 4.40 Å². The summed E-state index contributed by atoms with van der Waals surface area (Å²) in [5.41, 5.74) is 1.17. The lowest BCUT2D eigenvalue weighted by Gasteiger charge is -2.13. The van der Waals surface area contributed by atoms with Crippen LogP contribution in [0.3, 0.4) is 0 Å². The number of ether oxygens (including phenoxy) is 1. The van der Waals surface area contributed by atoms with E-state index in [2.05, 4.69) is 25.4 Å². The zero-order chi connectivity index (χ0) is 18.9. The molecule has 1 heterocycles. The molecule has 0 unspecified atom stereocenters. The molecule has 136 valence electrons. The molecule has 1 N–H and O–H groups in total. The lowest BCUT2D eigenvalue weighted by molar-refractivity contribution is 0.317. The Balaban J connectivity index is 1.91. The second-order valence-electron chi connectivity index (χ2n) is 5.44. The SMILES string of the molecule is CCOc1cc(/C=N/N(C)C2=NS(=O)(=O)c3ccccc32)cc(Br)c1O. The van der Waals surface area contributed by atoms with Crippen LogP contribution in [0.1, 0.15) is 18.1 Å². The van der Waals surface area contributed by atoms with Crippen molar-refractivity contribution in [2.24, 2.45) is 9.50 Å². The predicted octanol–water partition coefficient (Wildman–Crippen LogP) is 2.97. The number of fused-ring (bicyclic) bond motifs is 1. The van der Waals surface area contributed by atoms with Crippen LogP contribution in [-0.2, 0) is 10.0 Å². The number of sulfonamides is 1. The standard InChI is InChI=1S/C17H16BrN3O4S/c1-3-25-14-9-11(8-13(18)16(14)22)10-19-21(2)17-12-6-4-5-7-15(12)26(23,24)20-17/h4-10,22H,3H2,1-2H3/b19-10+. The van der Waals surface area contributed by atoms with E-state index in [1.807, 2.05) is 6.92 Å². The summed E-state index contributed by atoms with van der Waals surface area (Å²) in [5, 5.41) is 15.6. The first-order valence-corrected chi connectivity index (χ1v) is 9.94. The van der Waals surface area contributed by atoms with Crippen molar-refractivity contribution >= 4 is 38.0 Å². The van der Waals surface area contributed by atoms with Crippen LogP contribution in [0.2, 0.25) is 0 Å². The van der Waals surface area contributed by atoms with E-state index in [-0.39, 0.29) is 16.5 Å². The molecule has 0 bridgehead atoms. The summed E-state index contributed by atoms with van der Waals surface area (Å²) in [6.45, 7) is 2.23. The van der Waals surface area contributed by atoms with Gasteiger partial charge in [-0.3, -0.25) is 0 Å². The van der Waals surface area contributed by atoms with Crippen molar-refractivity contribution in [3.8, 4) is 11.5 Å². The van der Waals surface area contributed by atoms with Gasteiger partial charge in [-0.25, -0.2) is 5.01 Å². The van der Waals surface area contributed by atoms with Crippen molar-refractivity contribution in [3.63, 3.8) is 0 Å². The van der Waals surface area contributed by atoms with E-state index in [9.17, 15) is 13.5 Å². The van der Waals surface area contributed by atoms with Crippen molar-refractivity contribution < 1.29 is 18.3 Å². The zero-order valence-electron chi connectivity index (χ0n) is 14.0. The van der Waals surface area contributed by atoms with Gasteiger partial charge in [0.25, 0.3) is 10.0 Å². The molecule has 0 saturated carbocycles. The Bertz CT molecular complexity index is 1020. The van der Waals surface area contributed by atoms with Gasteiger partial charge < -0.3 is 9.84 Å². The largest absolute Gasteiger partial charge is 0.503 e. The van der Waals surface area contributed by atoms with Crippen molar-refractivity contribution in [2.45, 2.75) is 11.8 Å². The predicted molar refractivity (Wildman–Crippen MR) is 102 cm³/mol. The van der Waals surface area contributed by atoms with E-state index < -0.39 is 10.0 Å². The number of amidine groups is 1. The van der Waals surface area contributed by atoms with Gasteiger partial charge in [-0.2, -0.15) is 13.5 Å². The number of hydrogen-bond acceptors (Lipinski definition) is 6. The van der Waals surface area contributed by atoms with Gasteiger partial charge in [-0.05, 0) is 52.7 Å². The van der Waals surface area contributed by atoms with E-state index in [0.717, 1.165) is 0 Å². The Morgan fingerprint density at radius 1 is 1.35 bits per heavy atom. The molecule has 0 spiro atoms. The maximum Gasteiger partial charge on any atom is 0.285 e. The maximum absolute atomic E-state index is 12.1. The van der Waals surface area contributed by atoms with Crippen LogP contribution < -0.4 is 4.74 Å². The number of rotatable bonds is 4. The van der Waals surface area contributed by atoms with Crippen LogP contribution in [-0.4, -0.2) is 44.2 Å². The number of aromatic hydroxyl groups is 1. The summed E-state index contributed by atoms with van der Waals surface area (Å²) < 4.78 is 33.9. The monoisotopic (exact) mass is 437 g/mol. The molecular formula is C17H16BrN3O4S. The van der Waals surface area contributed by atoms with Crippen molar-refractivity contribution in [1.82, 2.24) is 5.01 Å². The van der Waals surface area contributed by atoms with Gasteiger partial charge in [0.05, 0.1) is 17.3 Å². The number of hydrogen-bond donors (Lipinski definition) is 1. The van der Waals surface area contributed by atoms with Crippen LogP contribution in [0.15, 0.2) is 55.3 Å². The van der Waals surface area contributed by atoms with Crippen LogP contribution in [0.5, 0.6) is 11.5 Å². The lowest BCUT2D eigenvalue weighted by atomic mass is 10.2. The number of hydrazone groups is 1. The van der Waals surface area contributed by atoms with Crippen LogP contribution >= 0.6 is 15.9 Å². The Hall–Kier alpha value is -2.39. The Labute approximate surface area is 159 Å². The third kappa shape index (κ3) is 3.45. The minimum Gasteiger partial charge on any atom is -0.503 e. The minimum absolute atomic E-state index is 0.0116. The summed E-state index contributed by atoms with van der Waals surface area (Å²) in [6, 6.07) is 9.93. The van der Waals surface area contributed by atoms with E-state index in [1.165, 1.54) is 17.3 Å². The fraction of sp³-hybridized carbons (Fsp3) is 0.176. The molecule has 2 aromatic rings. The molecule has 0 fully saturated rings. The zero-order valence-corrected chi connectivity index (χ0v) is 16.5. The molecule has 1 aliphatic heterocycles. The maximum atomic E-state index is 12.1. The first kappa shape index (κ1) is 18.4. The molecule has 2 aromatic carbocycles. The summed E-state index contributed by atoms with van der Waals surface area (Å²) >= 11 is 3.27. The molecule has 1 aliphatic rings. The van der Waals surface area contributed by atoms with Gasteiger partial charge in [0, 0.05) is 12.6 Å². The topological polar surface area (TPSA) is 91.6 Å². The average Bonchev–Trinajstić information content (AvgIpc) is 2.89. The fourth-order valence-corrected chi connectivity index (χ4v) is 4.15. The molecule has 7 nitrogen and oxygen atoms in total. The Morgan fingerprint density at radius 2 is 2.08 bits per heavy atom. The summed E-state index contributed by atoms with van der Waals surface area (Å²) in [6.07, 6.45) is 1.53. The highest BCUT2D eigenvalue weighted by Crippen LogP contribution is 2.35. The quantitative estimate of drug-likeness (QED) is 0.586. The number of phenols is 1. The summed E-state index contributed by atoms with van der Waals surface area (Å²) in [7, 11) is -2.08. The smallest absolute Gasteiger partial charge is 0.285 e. The third-order valence-electron chi connectivity index (χ3n) is 3.65. The summed E-state index contributed by atoms with van der Waals surface area (Å²) in [4.78, 5) is 0.169. The molecule has 3 rings (SSSR count). The molecule has 0 radical (unpaired) electrons. The molecule has 9 heteroatoms. The number of nitrogens with zero attached hydrogens (tertiary/aromatic N) is 3. The van der Waals surface area contributed by atoms with Gasteiger partial charge in [0.15, 0.2) is 17.3 Å². The second-order valence-corrected chi connectivity index (χ2v) is 7.86. The second kappa shape index (κ2) is 7.08. The molecule has 0 saturated heterocycles. The molecule has 0 atom stereocenters. The first-order valence-electron chi connectivity index (χ1n) is 7.71. The number of phenolic OH excluding ortho intramolecular Hbond substituents is 1. The highest BCUT2D eigenvalue weighted by molar-refractivity contribution is 9.10. The third-order valence-corrected chi connectivity index (χ3v) is 5.58. The lowest BCUT2D eigenvalue weighted by Crippen LogP contribution is -2.21. The van der Waals surface area contributed by atoms with Gasteiger partial charge in [0.1, 0.15) is 4.90 Å². The van der Waals surface area contributed by atoms with E-state index in [1.54, 1.807) is 37.4 Å². The van der Waals surface area contributed by atoms with Gasteiger partial charge in [-0.1, -0.05) is 12.1 Å². The van der Waals surface area contributed by atoms with Crippen LogP contribution in [0.4, 0.5) is 0 Å². The van der Waals surface area contributed by atoms with Crippen molar-refractivity contribution in [2.75, 3.05) is 13.7 Å². The van der Waals surface area contributed by atoms with Crippen molar-refractivity contribution in [1.29, 1.82) is 0 Å². The van der Waals surface area contributed by atoms with E-state index in [0.29, 0.717) is 28.0 Å². The van der Waals surface area contributed by atoms with Gasteiger partial charge in [0.2, 0.25) is 0 Å². The molecule has 0 aliphatic carbocycles. The molecular weight excluding hydrogens is 422 g/mol. The van der Waals surface area contributed by atoms with Crippen molar-refractivity contribution in [3.05, 3.63) is 52.0 Å². The minimum atomic E-state index is -3.70. The van der Waals surface area contributed by atoms with E-state index in [4.69, 9.17) is 4.74 Å². The molecule has 0 amide bonds. The highest BCUT2D eigenvalue weighted by Gasteiger charge is 2.30. The Kier molecular flexibility index (Phi) is 5.01. The average molecular weight is 438 g/mol. The first-order chi connectivity index (χ1) is 12.3. The fourth-order valence-electron chi connectivity index (χ4n) is 2.46. The number of benzene rings is 2. The summed E-state index contributed by atoms with van der Waals surface area (Å²) in [5.74, 6) is 0.592. The molecule has 26 heavy (non-hydrogen) atoms.